The smallest absolute Gasteiger partial charge is 1.00 e. The predicted octanol–water partition coefficient (Wildman–Crippen LogP) is 0.751. The van der Waals surface area contributed by atoms with E-state index >= 15 is 0 Å². The molecule has 0 radical (unpaired) electrons. The first kappa shape index (κ1) is 11.5. The van der Waals surface area contributed by atoms with Crippen LogP contribution in [0.1, 0.15) is 9.78 Å². The summed E-state index contributed by atoms with van der Waals surface area (Å²) in [6.45, 7) is 3.05. The Morgan fingerprint density at radius 3 is 2.00 bits per heavy atom. The summed E-state index contributed by atoms with van der Waals surface area (Å²) in [4.78, 5) is 8.38. The standard InChI is InChI=1S/C3H9O2P.Ba.2H/c1-3-6(2,4)5;;;/h3H2,1-2H3,(H,4,5);;;/q;+2;2*-1. The van der Waals surface area contributed by atoms with E-state index in [1.807, 2.05) is 0 Å². The molecule has 0 aliphatic rings. The van der Waals surface area contributed by atoms with Crippen LogP contribution in [-0.2, 0) is 4.57 Å². The summed E-state index contributed by atoms with van der Waals surface area (Å²) in [5, 5.41) is 0. The summed E-state index contributed by atoms with van der Waals surface area (Å²) >= 11 is 0. The minimum atomic E-state index is -2.65. The van der Waals surface area contributed by atoms with Crippen LogP contribution >= 0.6 is 7.37 Å². The normalized spacial score (nSPS) is 17.0. The molecule has 0 aliphatic carbocycles. The fourth-order valence-electron chi connectivity index (χ4n) is 0. The molecule has 42 valence electrons. The van der Waals surface area contributed by atoms with E-state index in [9.17, 15) is 4.57 Å². The van der Waals surface area contributed by atoms with Crippen LogP contribution in [0.25, 0.3) is 0 Å². The van der Waals surface area contributed by atoms with Gasteiger partial charge < -0.3 is 7.75 Å². The molecule has 0 aliphatic heterocycles. The molecule has 1 unspecified atom stereocenters. The quantitative estimate of drug-likeness (QED) is 0.548. The molecule has 2 nitrogen and oxygen atoms in total. The first-order valence-electron chi connectivity index (χ1n) is 1.85. The van der Waals surface area contributed by atoms with Gasteiger partial charge >= 0.3 is 48.9 Å². The monoisotopic (exact) mass is 248 g/mol. The summed E-state index contributed by atoms with van der Waals surface area (Å²) in [6, 6.07) is 0. The van der Waals surface area contributed by atoms with Crippen LogP contribution in [-0.4, -0.2) is 66.6 Å². The van der Waals surface area contributed by atoms with Crippen molar-refractivity contribution in [2.75, 3.05) is 12.8 Å². The number of hydrogen-bond acceptors (Lipinski definition) is 1. The summed E-state index contributed by atoms with van der Waals surface area (Å²) in [6.07, 6.45) is 0.382. The van der Waals surface area contributed by atoms with Gasteiger partial charge in [0, 0.05) is 12.8 Å². The third-order valence-electron chi connectivity index (χ3n) is 0.587. The van der Waals surface area contributed by atoms with E-state index in [0.29, 0.717) is 6.16 Å². The molecule has 1 N–H and O–H groups in total. The Bertz CT molecular complexity index is 83.9. The van der Waals surface area contributed by atoms with Crippen molar-refractivity contribution in [1.82, 2.24) is 0 Å². The van der Waals surface area contributed by atoms with E-state index in [0.717, 1.165) is 0 Å². The molecule has 0 rings (SSSR count). The second-order valence-corrected chi connectivity index (χ2v) is 4.10. The zero-order valence-electron chi connectivity index (χ0n) is 6.72. The number of rotatable bonds is 1. The van der Waals surface area contributed by atoms with Crippen molar-refractivity contribution in [3.8, 4) is 0 Å². The van der Waals surface area contributed by atoms with E-state index < -0.39 is 7.37 Å². The summed E-state index contributed by atoms with van der Waals surface area (Å²) in [5.74, 6) is 0. The molecule has 0 bridgehead atoms. The molecule has 0 aromatic carbocycles. The van der Waals surface area contributed by atoms with Gasteiger partial charge in [0.15, 0.2) is 7.37 Å². The van der Waals surface area contributed by atoms with Gasteiger partial charge in [-0.25, -0.2) is 0 Å². The molecule has 0 amide bonds. The minimum Gasteiger partial charge on any atom is -1.00 e. The van der Waals surface area contributed by atoms with E-state index in [1.54, 1.807) is 6.92 Å². The van der Waals surface area contributed by atoms with Gasteiger partial charge in [-0.3, -0.25) is 4.57 Å². The van der Waals surface area contributed by atoms with Gasteiger partial charge in [0.2, 0.25) is 0 Å². The Morgan fingerprint density at radius 1 is 1.86 bits per heavy atom. The van der Waals surface area contributed by atoms with Crippen LogP contribution in [0, 0.1) is 0 Å². The summed E-state index contributed by atoms with van der Waals surface area (Å²) in [5.41, 5.74) is 0. The molecule has 7 heavy (non-hydrogen) atoms. The Labute approximate surface area is 87.2 Å². The van der Waals surface area contributed by atoms with Crippen LogP contribution in [0.2, 0.25) is 0 Å². The van der Waals surface area contributed by atoms with Gasteiger partial charge in [-0.2, -0.15) is 0 Å². The molecule has 0 spiro atoms. The van der Waals surface area contributed by atoms with Gasteiger partial charge in [0.25, 0.3) is 0 Å². The minimum absolute atomic E-state index is 0. The predicted molar refractivity (Wildman–Crippen MR) is 34.3 cm³/mol. The van der Waals surface area contributed by atoms with Gasteiger partial charge in [-0.1, -0.05) is 6.92 Å². The second-order valence-electron chi connectivity index (χ2n) is 1.37. The second kappa shape index (κ2) is 4.62. The van der Waals surface area contributed by atoms with Crippen molar-refractivity contribution >= 4 is 56.2 Å². The largest absolute Gasteiger partial charge is 2.00 e. The molecule has 0 saturated heterocycles. The summed E-state index contributed by atoms with van der Waals surface area (Å²) in [7, 11) is -2.65. The molecule has 0 fully saturated rings. The number of hydrogen-bond donors (Lipinski definition) is 1. The first-order valence-corrected chi connectivity index (χ1v) is 4.15. The first-order chi connectivity index (χ1) is 2.56. The van der Waals surface area contributed by atoms with Crippen molar-refractivity contribution < 1.29 is 12.3 Å². The van der Waals surface area contributed by atoms with Gasteiger partial charge in [-0.15, -0.1) is 0 Å². The van der Waals surface area contributed by atoms with E-state index in [4.69, 9.17) is 4.89 Å². The molecule has 0 aromatic heterocycles. The Balaban J connectivity index is -0.0000000417. The van der Waals surface area contributed by atoms with Crippen LogP contribution in [0.15, 0.2) is 0 Å². The molecular formula is C3H11BaO2P. The van der Waals surface area contributed by atoms with Crippen molar-refractivity contribution in [1.29, 1.82) is 0 Å². The van der Waals surface area contributed by atoms with Gasteiger partial charge in [0.1, 0.15) is 0 Å². The maximum absolute atomic E-state index is 10.1. The maximum atomic E-state index is 10.1. The zero-order chi connectivity index (χ0) is 5.21. The van der Waals surface area contributed by atoms with E-state index in [2.05, 4.69) is 0 Å². The Morgan fingerprint density at radius 2 is 2.00 bits per heavy atom. The van der Waals surface area contributed by atoms with Crippen molar-refractivity contribution in [3.05, 3.63) is 0 Å². The average molecular weight is 247 g/mol. The fraction of sp³-hybridized carbons (Fsp3) is 1.00. The fourth-order valence-corrected chi connectivity index (χ4v) is 0. The molecule has 0 saturated carbocycles. The van der Waals surface area contributed by atoms with Crippen LogP contribution in [0.3, 0.4) is 0 Å². The van der Waals surface area contributed by atoms with Crippen LogP contribution in [0.4, 0.5) is 0 Å². The molecule has 4 heteroatoms. The Hall–Kier alpha value is 1.76. The molecular weight excluding hydrogens is 236 g/mol. The van der Waals surface area contributed by atoms with Gasteiger partial charge in [-0.05, 0) is 0 Å². The van der Waals surface area contributed by atoms with Crippen molar-refractivity contribution in [3.63, 3.8) is 0 Å². The van der Waals surface area contributed by atoms with Crippen molar-refractivity contribution in [2.24, 2.45) is 0 Å². The van der Waals surface area contributed by atoms with Crippen LogP contribution < -0.4 is 0 Å². The maximum Gasteiger partial charge on any atom is 2.00 e. The van der Waals surface area contributed by atoms with Gasteiger partial charge in [0.05, 0.1) is 0 Å². The Kier molecular flexibility index (Phi) is 7.62. The molecule has 1 atom stereocenters. The zero-order valence-corrected chi connectivity index (χ0v) is 10.1. The third-order valence-corrected chi connectivity index (χ3v) is 1.76. The molecule has 0 aromatic rings. The third kappa shape index (κ3) is 11.4. The van der Waals surface area contributed by atoms with Crippen LogP contribution in [0.5, 0.6) is 0 Å². The van der Waals surface area contributed by atoms with E-state index in [1.165, 1.54) is 6.66 Å². The summed E-state index contributed by atoms with van der Waals surface area (Å²) < 4.78 is 10.1. The molecule has 0 heterocycles. The average Bonchev–Trinajstić information content (AvgIpc) is 1.35. The van der Waals surface area contributed by atoms with E-state index in [-0.39, 0.29) is 51.7 Å². The topological polar surface area (TPSA) is 37.3 Å². The van der Waals surface area contributed by atoms with Crippen molar-refractivity contribution in [2.45, 2.75) is 6.92 Å². The SMILES string of the molecule is CCP(C)(=O)O.[Ba+2].[H-].[H-].